The van der Waals surface area contributed by atoms with Crippen LogP contribution < -0.4 is 5.48 Å². The van der Waals surface area contributed by atoms with E-state index in [0.717, 1.165) is 24.3 Å². The molecule has 1 saturated carbocycles. The van der Waals surface area contributed by atoms with Crippen LogP contribution in [0.2, 0.25) is 0 Å². The molecule has 0 aromatic heterocycles. The molecule has 1 aliphatic heterocycles. The Kier molecular flexibility index (Phi) is 6.69. The van der Waals surface area contributed by atoms with E-state index in [-0.39, 0.29) is 35.5 Å². The van der Waals surface area contributed by atoms with E-state index in [2.05, 4.69) is 15.4 Å². The summed E-state index contributed by atoms with van der Waals surface area (Å²) in [6.07, 6.45) is 2.81. The van der Waals surface area contributed by atoms with Gasteiger partial charge in [-0.3, -0.25) is 19.3 Å². The number of carbonyl (C=O) groups excluding carboxylic acids is 2. The number of nitrogens with one attached hydrogen (secondary N) is 1. The molecule has 22 heavy (non-hydrogen) atoms. The van der Waals surface area contributed by atoms with E-state index in [1.165, 1.54) is 0 Å². The lowest BCUT2D eigenvalue weighted by molar-refractivity contribution is -0.477. The van der Waals surface area contributed by atoms with Crippen molar-refractivity contribution in [1.29, 1.82) is 0 Å². The van der Waals surface area contributed by atoms with Gasteiger partial charge in [0.25, 0.3) is 5.88 Å². The molecule has 2 rings (SSSR count). The van der Waals surface area contributed by atoms with Crippen LogP contribution in [0.25, 0.3) is 0 Å². The van der Waals surface area contributed by atoms with Crippen molar-refractivity contribution in [3.05, 3.63) is 11.5 Å². The third kappa shape index (κ3) is 4.22. The average molecular weight is 331 g/mol. The maximum atomic E-state index is 12.3. The Labute approximate surface area is 133 Å². The average Bonchev–Trinajstić information content (AvgIpc) is 2.52. The van der Waals surface area contributed by atoms with Crippen molar-refractivity contribution in [2.75, 3.05) is 18.1 Å². The van der Waals surface area contributed by atoms with Crippen LogP contribution in [0.1, 0.15) is 32.6 Å². The molecule has 7 nitrogen and oxygen atoms in total. The zero-order valence-corrected chi connectivity index (χ0v) is 13.3. The summed E-state index contributed by atoms with van der Waals surface area (Å²) >= 11 is 1.88. The van der Waals surface area contributed by atoms with Gasteiger partial charge in [0.15, 0.2) is 11.6 Å². The number of ketones is 2. The topological polar surface area (TPSA) is 94.1 Å². The number of rotatable bonds is 6. The first-order valence-corrected chi connectivity index (χ1v) is 8.57. The van der Waals surface area contributed by atoms with Crippen LogP contribution in [0.3, 0.4) is 0 Å². The summed E-state index contributed by atoms with van der Waals surface area (Å²) in [5.41, 5.74) is 2.19. The third-order valence-corrected chi connectivity index (χ3v) is 5.21. The lowest BCUT2D eigenvalue weighted by atomic mass is 9.76. The fraction of sp³-hybridized carbons (Fsp3) is 0.714. The van der Waals surface area contributed by atoms with Crippen LogP contribution >= 0.6 is 11.8 Å². The highest BCUT2D eigenvalue weighted by Gasteiger charge is 2.38. The molecule has 2 aliphatic rings. The van der Waals surface area contributed by atoms with Crippen molar-refractivity contribution >= 4 is 23.3 Å². The van der Waals surface area contributed by atoms with Crippen molar-refractivity contribution in [3.8, 4) is 0 Å². The van der Waals surface area contributed by atoms with E-state index in [9.17, 15) is 9.59 Å². The highest BCUT2D eigenvalue weighted by molar-refractivity contribution is 7.99. The maximum Gasteiger partial charge on any atom is 0.271 e. The first-order chi connectivity index (χ1) is 10.7. The fourth-order valence-corrected chi connectivity index (χ4v) is 4.20. The summed E-state index contributed by atoms with van der Waals surface area (Å²) in [6.45, 7) is 2.01. The molecule has 124 valence electrons. The summed E-state index contributed by atoms with van der Waals surface area (Å²) in [4.78, 5) is 34.0. The van der Waals surface area contributed by atoms with Gasteiger partial charge in [-0.25, -0.2) is 10.7 Å². The predicted molar refractivity (Wildman–Crippen MR) is 79.4 cm³/mol. The van der Waals surface area contributed by atoms with Gasteiger partial charge in [0.1, 0.15) is 5.57 Å². The highest BCUT2D eigenvalue weighted by Crippen LogP contribution is 2.36. The zero-order chi connectivity index (χ0) is 15.9. The largest absolute Gasteiger partial charge is 0.294 e. The van der Waals surface area contributed by atoms with Crippen LogP contribution in [0.4, 0.5) is 0 Å². The van der Waals surface area contributed by atoms with Crippen molar-refractivity contribution in [2.24, 2.45) is 11.8 Å². The molecular weight excluding hydrogens is 310 g/mol. The highest BCUT2D eigenvalue weighted by atomic mass is 32.2. The number of thioether (sulfide) groups is 1. The van der Waals surface area contributed by atoms with Gasteiger partial charge in [-0.05, 0) is 48.1 Å². The van der Waals surface area contributed by atoms with Gasteiger partial charge in [-0.2, -0.15) is 11.8 Å². The molecule has 1 heterocycles. The van der Waals surface area contributed by atoms with Crippen molar-refractivity contribution in [1.82, 2.24) is 5.48 Å². The summed E-state index contributed by atoms with van der Waals surface area (Å²) in [7, 11) is 0. The Morgan fingerprint density at radius 3 is 2.59 bits per heavy atom. The number of hydrogen-bond donors (Lipinski definition) is 2. The number of hydroxylamine groups is 1. The molecule has 8 heteroatoms. The Bertz CT molecular complexity index is 427. The molecule has 0 aromatic carbocycles. The smallest absolute Gasteiger partial charge is 0.271 e. The number of Topliss-reactive ketones (excluding diaryl/α,β-unsaturated/α-hetero) is 2. The normalized spacial score (nSPS) is 26.0. The molecule has 1 saturated heterocycles. The molecule has 2 N–H and O–H groups in total. The molecule has 2 fully saturated rings. The predicted octanol–water partition coefficient (Wildman–Crippen LogP) is 1.85. The molecule has 0 aromatic rings. The van der Waals surface area contributed by atoms with E-state index >= 15 is 0 Å². The van der Waals surface area contributed by atoms with Gasteiger partial charge in [-0.15, -0.1) is 0 Å². The van der Waals surface area contributed by atoms with Gasteiger partial charge in [0.05, 0.1) is 6.61 Å². The number of hydrogen-bond acceptors (Lipinski definition) is 8. The summed E-state index contributed by atoms with van der Waals surface area (Å²) in [5.74, 6) is 1.74. The summed E-state index contributed by atoms with van der Waals surface area (Å²) in [6, 6.07) is 0. The molecule has 0 spiro atoms. The van der Waals surface area contributed by atoms with Crippen LogP contribution in [0.15, 0.2) is 11.5 Å². The Hall–Kier alpha value is -1.09. The molecule has 1 unspecified atom stereocenters. The Balaban J connectivity index is 2.11. The quantitative estimate of drug-likeness (QED) is 0.250. The Morgan fingerprint density at radius 1 is 1.32 bits per heavy atom. The first-order valence-electron chi connectivity index (χ1n) is 7.41. The first kappa shape index (κ1) is 17.3. The van der Waals surface area contributed by atoms with Crippen LogP contribution in [0.5, 0.6) is 0 Å². The molecule has 1 atom stereocenters. The molecule has 0 amide bonds. The maximum absolute atomic E-state index is 12.3. The lowest BCUT2D eigenvalue weighted by Gasteiger charge is -2.32. The molecule has 1 aliphatic carbocycles. The monoisotopic (exact) mass is 331 g/mol. The fourth-order valence-electron chi connectivity index (χ4n) is 2.92. The van der Waals surface area contributed by atoms with Crippen LogP contribution in [-0.2, 0) is 24.4 Å². The second kappa shape index (κ2) is 8.52. The second-order valence-electron chi connectivity index (χ2n) is 5.39. The van der Waals surface area contributed by atoms with Gasteiger partial charge in [-0.1, -0.05) is 0 Å². The standard InChI is InChI=1S/C14H21NO6S/c1-2-19-15-14(20-21-18)13-11(16)6-10(7-12(13)17)9-4-3-5-22-8-9/h9-10,15,18H,2-8H2,1H3. The second-order valence-corrected chi connectivity index (χ2v) is 6.54. The van der Waals surface area contributed by atoms with Gasteiger partial charge in [0, 0.05) is 12.8 Å². The Morgan fingerprint density at radius 2 is 2.05 bits per heavy atom. The summed E-state index contributed by atoms with van der Waals surface area (Å²) < 4.78 is 0. The third-order valence-electron chi connectivity index (χ3n) is 3.97. The van der Waals surface area contributed by atoms with Gasteiger partial charge < -0.3 is 0 Å². The van der Waals surface area contributed by atoms with E-state index in [4.69, 9.17) is 10.1 Å². The summed E-state index contributed by atoms with van der Waals surface area (Å²) in [5, 5.41) is 12.0. The van der Waals surface area contributed by atoms with Crippen molar-refractivity contribution in [3.63, 3.8) is 0 Å². The zero-order valence-electron chi connectivity index (χ0n) is 12.5. The van der Waals surface area contributed by atoms with Crippen LogP contribution in [0, 0.1) is 11.8 Å². The molecule has 0 radical (unpaired) electrons. The minimum Gasteiger partial charge on any atom is -0.294 e. The minimum absolute atomic E-state index is 0.0833. The van der Waals surface area contributed by atoms with E-state index < -0.39 is 0 Å². The number of allylic oxidation sites excluding steroid dienone is 1. The van der Waals surface area contributed by atoms with E-state index in [1.54, 1.807) is 6.92 Å². The van der Waals surface area contributed by atoms with Crippen molar-refractivity contribution < 1.29 is 29.6 Å². The minimum atomic E-state index is -0.309. The van der Waals surface area contributed by atoms with Crippen molar-refractivity contribution in [2.45, 2.75) is 32.6 Å². The van der Waals surface area contributed by atoms with Gasteiger partial charge in [0.2, 0.25) is 0 Å². The van der Waals surface area contributed by atoms with Crippen LogP contribution in [-0.4, -0.2) is 34.9 Å². The van der Waals surface area contributed by atoms with E-state index in [1.807, 2.05) is 11.8 Å². The molecule has 0 bridgehead atoms. The number of carbonyl (C=O) groups is 2. The van der Waals surface area contributed by atoms with E-state index in [0.29, 0.717) is 18.8 Å². The SMILES string of the molecule is CCONC(OOO)=C1C(=O)CC(C2CCCSC2)CC1=O. The molecular formula is C14H21NO6S. The van der Waals surface area contributed by atoms with Gasteiger partial charge >= 0.3 is 0 Å². The lowest BCUT2D eigenvalue weighted by Crippen LogP contribution is -2.35.